The molecule has 6 nitrogen and oxygen atoms in total. The van der Waals surface area contributed by atoms with Crippen LogP contribution in [0, 0.1) is 25.2 Å². The Balaban J connectivity index is 1.84. The van der Waals surface area contributed by atoms with Crippen molar-refractivity contribution in [1.29, 1.82) is 5.26 Å². The molecule has 0 unspecified atom stereocenters. The summed E-state index contributed by atoms with van der Waals surface area (Å²) in [6.45, 7) is 4.85. The SMILES string of the molecule is Cc1nn(CCC#N)c(C)c1CCC(=O)NCC1(O)CCCC1. The monoisotopic (exact) mass is 318 g/mol. The van der Waals surface area contributed by atoms with E-state index in [9.17, 15) is 9.90 Å². The minimum Gasteiger partial charge on any atom is -0.388 e. The van der Waals surface area contributed by atoms with Crippen LogP contribution in [-0.4, -0.2) is 32.9 Å². The third-order valence-electron chi connectivity index (χ3n) is 4.72. The zero-order chi connectivity index (χ0) is 16.9. The normalized spacial score (nSPS) is 16.3. The van der Waals surface area contributed by atoms with Gasteiger partial charge in [-0.2, -0.15) is 10.4 Å². The van der Waals surface area contributed by atoms with Crippen LogP contribution in [0.15, 0.2) is 0 Å². The maximum Gasteiger partial charge on any atom is 0.220 e. The molecule has 0 atom stereocenters. The lowest BCUT2D eigenvalue weighted by Crippen LogP contribution is -2.40. The molecule has 0 spiro atoms. The summed E-state index contributed by atoms with van der Waals surface area (Å²) in [5, 5.41) is 26.2. The second-order valence-electron chi connectivity index (χ2n) is 6.49. The van der Waals surface area contributed by atoms with Crippen LogP contribution in [0.25, 0.3) is 0 Å². The van der Waals surface area contributed by atoms with Gasteiger partial charge in [0.05, 0.1) is 30.3 Å². The Morgan fingerprint density at radius 3 is 2.78 bits per heavy atom. The number of aromatic nitrogens is 2. The van der Waals surface area contributed by atoms with Gasteiger partial charge in [-0.1, -0.05) is 12.8 Å². The first-order valence-corrected chi connectivity index (χ1v) is 8.34. The van der Waals surface area contributed by atoms with E-state index in [0.29, 0.717) is 32.4 Å². The first-order chi connectivity index (χ1) is 10.9. The summed E-state index contributed by atoms with van der Waals surface area (Å²) in [6, 6.07) is 2.12. The molecule has 1 aromatic rings. The molecule has 1 aliphatic carbocycles. The lowest BCUT2D eigenvalue weighted by atomic mass is 10.0. The Labute approximate surface area is 137 Å². The fourth-order valence-corrected chi connectivity index (χ4v) is 3.27. The minimum atomic E-state index is -0.705. The molecular weight excluding hydrogens is 292 g/mol. The molecule has 6 heteroatoms. The maximum absolute atomic E-state index is 12.0. The van der Waals surface area contributed by atoms with E-state index in [4.69, 9.17) is 5.26 Å². The van der Waals surface area contributed by atoms with E-state index >= 15 is 0 Å². The van der Waals surface area contributed by atoms with E-state index in [1.165, 1.54) is 0 Å². The van der Waals surface area contributed by atoms with Gasteiger partial charge >= 0.3 is 0 Å². The van der Waals surface area contributed by atoms with Gasteiger partial charge in [-0.05, 0) is 38.7 Å². The van der Waals surface area contributed by atoms with Gasteiger partial charge in [0, 0.05) is 18.7 Å². The van der Waals surface area contributed by atoms with Crippen molar-refractivity contribution in [3.05, 3.63) is 17.0 Å². The van der Waals surface area contributed by atoms with Gasteiger partial charge in [-0.15, -0.1) is 0 Å². The van der Waals surface area contributed by atoms with Crippen molar-refractivity contribution < 1.29 is 9.90 Å². The zero-order valence-electron chi connectivity index (χ0n) is 14.1. The second-order valence-corrected chi connectivity index (χ2v) is 6.49. The lowest BCUT2D eigenvalue weighted by molar-refractivity contribution is -0.122. The highest BCUT2D eigenvalue weighted by Gasteiger charge is 2.31. The number of hydrogen-bond donors (Lipinski definition) is 2. The Hall–Kier alpha value is -1.87. The van der Waals surface area contributed by atoms with Gasteiger partial charge in [-0.25, -0.2) is 0 Å². The number of carbonyl (C=O) groups is 1. The molecular formula is C17H26N4O2. The quantitative estimate of drug-likeness (QED) is 0.801. The summed E-state index contributed by atoms with van der Waals surface area (Å²) in [4.78, 5) is 12.0. The summed E-state index contributed by atoms with van der Waals surface area (Å²) < 4.78 is 1.84. The maximum atomic E-state index is 12.0. The number of amides is 1. The van der Waals surface area contributed by atoms with Crippen LogP contribution in [-0.2, 0) is 17.8 Å². The summed E-state index contributed by atoms with van der Waals surface area (Å²) in [5.41, 5.74) is 2.32. The molecule has 2 rings (SSSR count). The highest BCUT2D eigenvalue weighted by Crippen LogP contribution is 2.28. The number of hydrogen-bond acceptors (Lipinski definition) is 4. The van der Waals surface area contributed by atoms with E-state index in [1.54, 1.807) is 0 Å². The zero-order valence-corrected chi connectivity index (χ0v) is 14.1. The van der Waals surface area contributed by atoms with Gasteiger partial charge in [-0.3, -0.25) is 9.48 Å². The van der Waals surface area contributed by atoms with Gasteiger partial charge in [0.2, 0.25) is 5.91 Å². The van der Waals surface area contributed by atoms with Crippen LogP contribution in [0.5, 0.6) is 0 Å². The van der Waals surface area contributed by atoms with E-state index in [0.717, 1.165) is 42.6 Å². The molecule has 0 bridgehead atoms. The van der Waals surface area contributed by atoms with Crippen molar-refractivity contribution >= 4 is 5.91 Å². The molecule has 1 aliphatic rings. The number of nitrogens with one attached hydrogen (secondary N) is 1. The number of nitriles is 1. The van der Waals surface area contributed by atoms with Crippen LogP contribution in [0.3, 0.4) is 0 Å². The summed E-state index contributed by atoms with van der Waals surface area (Å²) in [5.74, 6) is -0.0334. The number of nitrogens with zero attached hydrogens (tertiary/aromatic N) is 3. The highest BCUT2D eigenvalue weighted by atomic mass is 16.3. The van der Waals surface area contributed by atoms with Crippen molar-refractivity contribution in [2.45, 2.75) is 70.9 Å². The van der Waals surface area contributed by atoms with Crippen LogP contribution in [0.4, 0.5) is 0 Å². The van der Waals surface area contributed by atoms with Crippen molar-refractivity contribution in [2.24, 2.45) is 0 Å². The van der Waals surface area contributed by atoms with E-state index in [-0.39, 0.29) is 5.91 Å². The molecule has 1 saturated carbocycles. The highest BCUT2D eigenvalue weighted by molar-refractivity contribution is 5.76. The van der Waals surface area contributed by atoms with Crippen molar-refractivity contribution in [2.75, 3.05) is 6.54 Å². The molecule has 23 heavy (non-hydrogen) atoms. The van der Waals surface area contributed by atoms with Crippen LogP contribution in [0.1, 0.15) is 55.5 Å². The van der Waals surface area contributed by atoms with Crippen LogP contribution >= 0.6 is 0 Å². The van der Waals surface area contributed by atoms with Crippen molar-refractivity contribution in [3.63, 3.8) is 0 Å². The summed E-state index contributed by atoms with van der Waals surface area (Å²) in [6.07, 6.45) is 5.07. The summed E-state index contributed by atoms with van der Waals surface area (Å²) >= 11 is 0. The fraction of sp³-hybridized carbons (Fsp3) is 0.706. The van der Waals surface area contributed by atoms with Crippen molar-refractivity contribution in [1.82, 2.24) is 15.1 Å². The lowest BCUT2D eigenvalue weighted by Gasteiger charge is -2.22. The first kappa shape index (κ1) is 17.5. The van der Waals surface area contributed by atoms with Gasteiger partial charge in [0.1, 0.15) is 0 Å². The average Bonchev–Trinajstić information content (AvgIpc) is 3.06. The predicted molar refractivity (Wildman–Crippen MR) is 86.7 cm³/mol. The summed E-state index contributed by atoms with van der Waals surface area (Å²) in [7, 11) is 0. The largest absolute Gasteiger partial charge is 0.388 e. The predicted octanol–water partition coefficient (Wildman–Crippen LogP) is 1.77. The Bertz CT molecular complexity index is 594. The van der Waals surface area contributed by atoms with Gasteiger partial charge < -0.3 is 10.4 Å². The molecule has 0 aromatic carbocycles. The Morgan fingerprint density at radius 2 is 2.13 bits per heavy atom. The Morgan fingerprint density at radius 1 is 1.43 bits per heavy atom. The van der Waals surface area contributed by atoms with Crippen molar-refractivity contribution in [3.8, 4) is 6.07 Å². The van der Waals surface area contributed by atoms with E-state index in [1.807, 2.05) is 18.5 Å². The number of aliphatic hydroxyl groups is 1. The third kappa shape index (κ3) is 4.55. The van der Waals surface area contributed by atoms with Crippen LogP contribution < -0.4 is 5.32 Å². The minimum absolute atomic E-state index is 0.0334. The second kappa shape index (κ2) is 7.60. The third-order valence-corrected chi connectivity index (χ3v) is 4.72. The molecule has 0 saturated heterocycles. The standard InChI is InChI=1S/C17H26N4O2/c1-13-15(14(2)21(20-13)11-5-10-18)6-7-16(22)19-12-17(23)8-3-4-9-17/h23H,3-9,11-12H2,1-2H3,(H,19,22). The van der Waals surface area contributed by atoms with Gasteiger partial charge in [0.25, 0.3) is 0 Å². The first-order valence-electron chi connectivity index (χ1n) is 8.34. The Kier molecular flexibility index (Phi) is 5.78. The molecule has 0 aliphatic heterocycles. The molecule has 2 N–H and O–H groups in total. The number of rotatable bonds is 7. The molecule has 1 heterocycles. The van der Waals surface area contributed by atoms with Crippen LogP contribution in [0.2, 0.25) is 0 Å². The number of aryl methyl sites for hydroxylation is 2. The van der Waals surface area contributed by atoms with Gasteiger partial charge in [0.15, 0.2) is 0 Å². The smallest absolute Gasteiger partial charge is 0.220 e. The topological polar surface area (TPSA) is 90.9 Å². The van der Waals surface area contributed by atoms with E-state index < -0.39 is 5.60 Å². The molecule has 126 valence electrons. The molecule has 1 amide bonds. The number of carbonyl (C=O) groups excluding carboxylic acids is 1. The fourth-order valence-electron chi connectivity index (χ4n) is 3.27. The van der Waals surface area contributed by atoms with E-state index in [2.05, 4.69) is 16.5 Å². The average molecular weight is 318 g/mol. The molecule has 1 fully saturated rings. The molecule has 0 radical (unpaired) electrons. The molecule has 1 aromatic heterocycles.